The molecule has 1 aliphatic heterocycles. The molecule has 0 aromatic heterocycles. The van der Waals surface area contributed by atoms with Crippen molar-refractivity contribution < 1.29 is 18.0 Å². The molecule has 0 radical (unpaired) electrons. The van der Waals surface area contributed by atoms with Gasteiger partial charge in [-0.05, 0) is 44.0 Å². The molecule has 0 unspecified atom stereocenters. The number of benzene rings is 1. The van der Waals surface area contributed by atoms with Gasteiger partial charge in [0.15, 0.2) is 0 Å². The van der Waals surface area contributed by atoms with Crippen LogP contribution in [0.25, 0.3) is 0 Å². The van der Waals surface area contributed by atoms with E-state index in [1.165, 1.54) is 24.9 Å². The lowest BCUT2D eigenvalue weighted by atomic mass is 10.1. The maximum Gasteiger partial charge on any atom is 0.405 e. The third-order valence-electron chi connectivity index (χ3n) is 4.01. The maximum absolute atomic E-state index is 12.1. The third kappa shape index (κ3) is 6.39. The van der Waals surface area contributed by atoms with Crippen LogP contribution in [0.2, 0.25) is 0 Å². The van der Waals surface area contributed by atoms with Gasteiger partial charge in [0.1, 0.15) is 6.54 Å². The van der Waals surface area contributed by atoms with Gasteiger partial charge in [-0.1, -0.05) is 12.1 Å². The van der Waals surface area contributed by atoms with Crippen molar-refractivity contribution in [3.8, 4) is 0 Å². The number of carbonyl (C=O) groups is 1. The van der Waals surface area contributed by atoms with Crippen LogP contribution in [0.3, 0.4) is 0 Å². The molecule has 0 saturated carbocycles. The number of nitrogens with one attached hydrogen (secondary N) is 1. The molecule has 0 bridgehead atoms. The Labute approximate surface area is 140 Å². The molecular formula is C17H24F3N3O. The highest BCUT2D eigenvalue weighted by Crippen LogP contribution is 2.20. The molecule has 1 amide bonds. The number of anilines is 1. The SMILES string of the molecule is CN(CC(=O)NCC(F)(F)F)Cc1ccc(N2CCCCC2)cc1. The third-order valence-corrected chi connectivity index (χ3v) is 4.01. The molecule has 7 heteroatoms. The van der Waals surface area contributed by atoms with Crippen molar-refractivity contribution in [3.63, 3.8) is 0 Å². The van der Waals surface area contributed by atoms with E-state index in [0.717, 1.165) is 18.7 Å². The van der Waals surface area contributed by atoms with Crippen LogP contribution >= 0.6 is 0 Å². The van der Waals surface area contributed by atoms with Gasteiger partial charge in [0.25, 0.3) is 0 Å². The Hall–Kier alpha value is -1.76. The minimum Gasteiger partial charge on any atom is -0.372 e. The van der Waals surface area contributed by atoms with Crippen LogP contribution in [-0.4, -0.2) is 50.2 Å². The van der Waals surface area contributed by atoms with Crippen molar-refractivity contribution in [2.24, 2.45) is 0 Å². The second kappa shape index (κ2) is 8.37. The Morgan fingerprint density at radius 2 is 1.79 bits per heavy atom. The summed E-state index contributed by atoms with van der Waals surface area (Å²) in [6, 6.07) is 8.15. The van der Waals surface area contributed by atoms with Gasteiger partial charge in [0, 0.05) is 25.3 Å². The van der Waals surface area contributed by atoms with E-state index in [9.17, 15) is 18.0 Å². The zero-order valence-electron chi connectivity index (χ0n) is 13.9. The lowest BCUT2D eigenvalue weighted by molar-refractivity contribution is -0.138. The zero-order valence-corrected chi connectivity index (χ0v) is 13.9. The molecule has 1 aliphatic rings. The number of piperidine rings is 1. The van der Waals surface area contributed by atoms with Gasteiger partial charge < -0.3 is 10.2 Å². The van der Waals surface area contributed by atoms with Gasteiger partial charge in [-0.2, -0.15) is 13.2 Å². The Bertz CT molecular complexity index is 525. The van der Waals surface area contributed by atoms with E-state index in [2.05, 4.69) is 17.0 Å². The first-order valence-electron chi connectivity index (χ1n) is 8.19. The highest BCUT2D eigenvalue weighted by Gasteiger charge is 2.27. The zero-order chi connectivity index (χ0) is 17.6. The summed E-state index contributed by atoms with van der Waals surface area (Å²) in [6.45, 7) is 1.32. The topological polar surface area (TPSA) is 35.6 Å². The second-order valence-electron chi connectivity index (χ2n) is 6.28. The van der Waals surface area contributed by atoms with Crippen LogP contribution in [0, 0.1) is 0 Å². The molecule has 134 valence electrons. The molecule has 1 fully saturated rings. The number of likely N-dealkylation sites (N-methyl/N-ethyl adjacent to an activating group) is 1. The van der Waals surface area contributed by atoms with Gasteiger partial charge in [-0.15, -0.1) is 0 Å². The van der Waals surface area contributed by atoms with E-state index in [0.29, 0.717) is 6.54 Å². The molecular weight excluding hydrogens is 319 g/mol. The van der Waals surface area contributed by atoms with Crippen molar-refractivity contribution >= 4 is 11.6 Å². The minimum absolute atomic E-state index is 0.0655. The predicted molar refractivity (Wildman–Crippen MR) is 87.9 cm³/mol. The first-order chi connectivity index (χ1) is 11.3. The van der Waals surface area contributed by atoms with E-state index in [4.69, 9.17) is 0 Å². The average molecular weight is 343 g/mol. The van der Waals surface area contributed by atoms with E-state index >= 15 is 0 Å². The lowest BCUT2D eigenvalue weighted by Crippen LogP contribution is -2.39. The van der Waals surface area contributed by atoms with Gasteiger partial charge in [-0.25, -0.2) is 0 Å². The molecule has 2 rings (SSSR count). The number of hydrogen-bond acceptors (Lipinski definition) is 3. The number of rotatable bonds is 6. The average Bonchev–Trinajstić information content (AvgIpc) is 2.54. The van der Waals surface area contributed by atoms with Crippen LogP contribution in [0.1, 0.15) is 24.8 Å². The van der Waals surface area contributed by atoms with Crippen molar-refractivity contribution in [2.45, 2.75) is 32.0 Å². The number of amides is 1. The molecule has 0 spiro atoms. The van der Waals surface area contributed by atoms with E-state index < -0.39 is 18.6 Å². The fourth-order valence-corrected chi connectivity index (χ4v) is 2.83. The summed E-state index contributed by atoms with van der Waals surface area (Å²) in [4.78, 5) is 15.6. The Morgan fingerprint density at radius 1 is 1.17 bits per heavy atom. The molecule has 0 atom stereocenters. The fourth-order valence-electron chi connectivity index (χ4n) is 2.83. The summed E-state index contributed by atoms with van der Waals surface area (Å²) >= 11 is 0. The molecule has 4 nitrogen and oxygen atoms in total. The van der Waals surface area contributed by atoms with Crippen LogP contribution < -0.4 is 10.2 Å². The van der Waals surface area contributed by atoms with Crippen molar-refractivity contribution in [3.05, 3.63) is 29.8 Å². The van der Waals surface area contributed by atoms with Gasteiger partial charge in [-0.3, -0.25) is 9.69 Å². The smallest absolute Gasteiger partial charge is 0.372 e. The van der Waals surface area contributed by atoms with E-state index in [1.54, 1.807) is 11.9 Å². The largest absolute Gasteiger partial charge is 0.405 e. The molecule has 1 aromatic rings. The summed E-state index contributed by atoms with van der Waals surface area (Å²) in [5.74, 6) is -0.625. The molecule has 1 saturated heterocycles. The van der Waals surface area contributed by atoms with Crippen LogP contribution in [0.5, 0.6) is 0 Å². The predicted octanol–water partition coefficient (Wildman–Crippen LogP) is 2.79. The van der Waals surface area contributed by atoms with Gasteiger partial charge in [0.2, 0.25) is 5.91 Å². The summed E-state index contributed by atoms with van der Waals surface area (Å²) < 4.78 is 36.2. The van der Waals surface area contributed by atoms with Crippen LogP contribution in [0.15, 0.2) is 24.3 Å². The first-order valence-corrected chi connectivity index (χ1v) is 8.19. The van der Waals surface area contributed by atoms with E-state index in [-0.39, 0.29) is 6.54 Å². The summed E-state index contributed by atoms with van der Waals surface area (Å²) in [6.07, 6.45) is -0.649. The number of carbonyl (C=O) groups excluding carboxylic acids is 1. The molecule has 24 heavy (non-hydrogen) atoms. The lowest BCUT2D eigenvalue weighted by Gasteiger charge is -2.29. The highest BCUT2D eigenvalue weighted by atomic mass is 19.4. The van der Waals surface area contributed by atoms with Crippen molar-refractivity contribution in [1.82, 2.24) is 10.2 Å². The highest BCUT2D eigenvalue weighted by molar-refractivity contribution is 5.78. The number of halogens is 3. The summed E-state index contributed by atoms with van der Waals surface area (Å²) in [7, 11) is 1.71. The van der Waals surface area contributed by atoms with E-state index in [1.807, 2.05) is 17.4 Å². The van der Waals surface area contributed by atoms with Crippen molar-refractivity contribution in [1.29, 1.82) is 0 Å². The first kappa shape index (κ1) is 18.6. The Kier molecular flexibility index (Phi) is 6.48. The fraction of sp³-hybridized carbons (Fsp3) is 0.588. The van der Waals surface area contributed by atoms with Crippen molar-refractivity contribution in [2.75, 3.05) is 38.1 Å². The molecule has 0 aliphatic carbocycles. The standard InChI is InChI=1S/C17H24F3N3O/c1-22(12-16(24)21-13-17(18,19)20)11-14-5-7-15(8-6-14)23-9-3-2-4-10-23/h5-8H,2-4,9-13H2,1H3,(H,21,24). The number of nitrogens with zero attached hydrogens (tertiary/aromatic N) is 2. The quantitative estimate of drug-likeness (QED) is 0.863. The molecule has 1 N–H and O–H groups in total. The summed E-state index contributed by atoms with van der Waals surface area (Å²) in [5.41, 5.74) is 2.23. The molecule has 1 heterocycles. The summed E-state index contributed by atoms with van der Waals surface area (Å²) in [5, 5.41) is 1.88. The van der Waals surface area contributed by atoms with Crippen LogP contribution in [0.4, 0.5) is 18.9 Å². The molecule has 1 aromatic carbocycles. The second-order valence-corrected chi connectivity index (χ2v) is 6.28. The Morgan fingerprint density at radius 3 is 2.38 bits per heavy atom. The van der Waals surface area contributed by atoms with Crippen LogP contribution in [-0.2, 0) is 11.3 Å². The van der Waals surface area contributed by atoms with Gasteiger partial charge >= 0.3 is 6.18 Å². The number of alkyl halides is 3. The normalized spacial score (nSPS) is 15.6. The number of hydrogen-bond donors (Lipinski definition) is 1. The monoisotopic (exact) mass is 343 g/mol. The minimum atomic E-state index is -4.38. The van der Waals surface area contributed by atoms with Gasteiger partial charge in [0.05, 0.1) is 6.54 Å². The Balaban J connectivity index is 1.79. The maximum atomic E-state index is 12.1.